The quantitative estimate of drug-likeness (QED) is 0.879. The summed E-state index contributed by atoms with van der Waals surface area (Å²) in [5.74, 6) is -2.03. The number of amides is 1. The standard InChI is InChI=1S/C14H12ClF2N3O.ClH/c1-7(10-5-9(16)2-3-12(10)17)20-6-8(15)4-11(13(20)18)14(19)21;/h2-7,18H,1H3,(H2,19,21);1H. The maximum absolute atomic E-state index is 13.8. The molecule has 1 aromatic heterocycles. The molecule has 0 aliphatic rings. The maximum atomic E-state index is 13.8. The molecule has 1 atom stereocenters. The summed E-state index contributed by atoms with van der Waals surface area (Å²) in [7, 11) is 0. The molecule has 0 spiro atoms. The highest BCUT2D eigenvalue weighted by atomic mass is 35.5. The summed E-state index contributed by atoms with van der Waals surface area (Å²) in [6.07, 6.45) is 1.37. The summed E-state index contributed by atoms with van der Waals surface area (Å²) in [5, 5.41) is 8.13. The van der Waals surface area contributed by atoms with E-state index in [1.165, 1.54) is 16.8 Å². The molecule has 8 heteroatoms. The Morgan fingerprint density at radius 3 is 2.59 bits per heavy atom. The van der Waals surface area contributed by atoms with Gasteiger partial charge in [0.1, 0.15) is 17.1 Å². The van der Waals surface area contributed by atoms with Gasteiger partial charge in [0.2, 0.25) is 0 Å². The second-order valence-corrected chi connectivity index (χ2v) is 4.97. The van der Waals surface area contributed by atoms with E-state index < -0.39 is 23.6 Å². The number of halogens is 4. The highest BCUT2D eigenvalue weighted by Gasteiger charge is 2.17. The number of primary amides is 1. The monoisotopic (exact) mass is 347 g/mol. The Morgan fingerprint density at radius 1 is 1.36 bits per heavy atom. The lowest BCUT2D eigenvalue weighted by molar-refractivity contribution is 0.0997. The molecular weight excluding hydrogens is 335 g/mol. The smallest absolute Gasteiger partial charge is 0.252 e. The lowest BCUT2D eigenvalue weighted by atomic mass is 10.1. The molecule has 2 rings (SSSR count). The minimum absolute atomic E-state index is 0. The maximum Gasteiger partial charge on any atom is 0.252 e. The van der Waals surface area contributed by atoms with Crippen molar-refractivity contribution in [2.24, 2.45) is 5.73 Å². The molecule has 118 valence electrons. The van der Waals surface area contributed by atoms with Gasteiger partial charge in [0.25, 0.3) is 5.91 Å². The van der Waals surface area contributed by atoms with Gasteiger partial charge in [-0.15, -0.1) is 12.4 Å². The molecule has 22 heavy (non-hydrogen) atoms. The topological polar surface area (TPSA) is 71.9 Å². The predicted molar refractivity (Wildman–Crippen MR) is 81.2 cm³/mol. The summed E-state index contributed by atoms with van der Waals surface area (Å²) in [6.45, 7) is 1.57. The van der Waals surface area contributed by atoms with Gasteiger partial charge in [-0.25, -0.2) is 8.78 Å². The second kappa shape index (κ2) is 6.89. The largest absolute Gasteiger partial charge is 0.365 e. The molecule has 0 bridgehead atoms. The van der Waals surface area contributed by atoms with E-state index in [0.29, 0.717) is 0 Å². The molecular formula is C14H13Cl2F2N3O. The molecule has 1 heterocycles. The first kappa shape index (κ1) is 18.1. The van der Waals surface area contributed by atoms with E-state index in [2.05, 4.69) is 0 Å². The van der Waals surface area contributed by atoms with E-state index >= 15 is 0 Å². The van der Waals surface area contributed by atoms with Crippen LogP contribution in [0.4, 0.5) is 8.78 Å². The summed E-state index contributed by atoms with van der Waals surface area (Å²) < 4.78 is 28.4. The molecule has 4 nitrogen and oxygen atoms in total. The molecule has 3 N–H and O–H groups in total. The van der Waals surface area contributed by atoms with Gasteiger partial charge >= 0.3 is 0 Å². The number of carbonyl (C=O) groups excluding carboxylic acids is 1. The van der Waals surface area contributed by atoms with Crippen molar-refractivity contribution in [1.82, 2.24) is 4.57 Å². The number of hydrogen-bond acceptors (Lipinski definition) is 2. The third kappa shape index (κ3) is 3.45. The van der Waals surface area contributed by atoms with Crippen molar-refractivity contribution in [3.05, 3.63) is 63.7 Å². The number of carbonyl (C=O) groups is 1. The van der Waals surface area contributed by atoms with Crippen LogP contribution in [0.2, 0.25) is 5.02 Å². The number of benzene rings is 1. The van der Waals surface area contributed by atoms with Gasteiger partial charge in [-0.1, -0.05) is 11.6 Å². The highest BCUT2D eigenvalue weighted by Crippen LogP contribution is 2.22. The summed E-state index contributed by atoms with van der Waals surface area (Å²) >= 11 is 5.89. The van der Waals surface area contributed by atoms with E-state index in [-0.39, 0.29) is 34.0 Å². The SMILES string of the molecule is CC(c1cc(F)ccc1F)n1cc(Cl)cc(C(N)=O)c1=N.Cl. The van der Waals surface area contributed by atoms with Crippen molar-refractivity contribution < 1.29 is 13.6 Å². The predicted octanol–water partition coefficient (Wildman–Crippen LogP) is 3.03. The van der Waals surface area contributed by atoms with Gasteiger partial charge in [0.05, 0.1) is 16.6 Å². The first-order chi connectivity index (χ1) is 9.81. The van der Waals surface area contributed by atoms with Crippen LogP contribution < -0.4 is 11.2 Å². The van der Waals surface area contributed by atoms with Gasteiger partial charge in [0, 0.05) is 11.8 Å². The zero-order valence-electron chi connectivity index (χ0n) is 11.4. The van der Waals surface area contributed by atoms with Crippen LogP contribution in [0.1, 0.15) is 28.9 Å². The number of rotatable bonds is 3. The van der Waals surface area contributed by atoms with Gasteiger partial charge in [0.15, 0.2) is 0 Å². The van der Waals surface area contributed by atoms with Crippen LogP contribution in [0.3, 0.4) is 0 Å². The fourth-order valence-corrected chi connectivity index (χ4v) is 2.27. The van der Waals surface area contributed by atoms with E-state index in [1.54, 1.807) is 6.92 Å². The number of nitrogens with zero attached hydrogens (tertiary/aromatic N) is 1. The van der Waals surface area contributed by atoms with Gasteiger partial charge in [-0.05, 0) is 31.2 Å². The van der Waals surface area contributed by atoms with Crippen molar-refractivity contribution >= 4 is 29.9 Å². The molecule has 0 saturated heterocycles. The van der Waals surface area contributed by atoms with Crippen molar-refractivity contribution in [3.63, 3.8) is 0 Å². The number of nitrogens with two attached hydrogens (primary N) is 1. The van der Waals surface area contributed by atoms with Gasteiger partial charge < -0.3 is 10.3 Å². The lowest BCUT2D eigenvalue weighted by Gasteiger charge is -2.19. The molecule has 0 fully saturated rings. The Balaban J connectivity index is 0.00000242. The lowest BCUT2D eigenvalue weighted by Crippen LogP contribution is -2.31. The summed E-state index contributed by atoms with van der Waals surface area (Å²) in [6, 6.07) is 3.58. The normalized spacial score (nSPS) is 11.6. The van der Waals surface area contributed by atoms with Crippen LogP contribution in [0, 0.1) is 17.0 Å². The molecule has 0 aliphatic heterocycles. The first-order valence-corrected chi connectivity index (χ1v) is 6.40. The van der Waals surface area contributed by atoms with Crippen LogP contribution in [-0.2, 0) is 0 Å². The Kier molecular flexibility index (Phi) is 5.68. The Morgan fingerprint density at radius 2 is 2.00 bits per heavy atom. The molecule has 0 saturated carbocycles. The minimum atomic E-state index is -0.817. The fourth-order valence-electron chi connectivity index (χ4n) is 2.06. The van der Waals surface area contributed by atoms with E-state index in [0.717, 1.165) is 18.2 Å². The zero-order valence-corrected chi connectivity index (χ0v) is 13.0. The molecule has 0 radical (unpaired) electrons. The van der Waals surface area contributed by atoms with Crippen molar-refractivity contribution in [2.75, 3.05) is 0 Å². The van der Waals surface area contributed by atoms with Crippen LogP contribution in [0.15, 0.2) is 30.5 Å². The average molecular weight is 348 g/mol. The molecule has 0 aliphatic carbocycles. The number of aromatic nitrogens is 1. The third-order valence-corrected chi connectivity index (χ3v) is 3.36. The first-order valence-electron chi connectivity index (χ1n) is 6.02. The third-order valence-electron chi connectivity index (χ3n) is 3.15. The second-order valence-electron chi connectivity index (χ2n) is 4.53. The van der Waals surface area contributed by atoms with Crippen LogP contribution >= 0.6 is 24.0 Å². The van der Waals surface area contributed by atoms with Crippen LogP contribution in [0.5, 0.6) is 0 Å². The number of hydrogen-bond donors (Lipinski definition) is 2. The summed E-state index contributed by atoms with van der Waals surface area (Å²) in [4.78, 5) is 11.3. The van der Waals surface area contributed by atoms with Crippen molar-refractivity contribution in [2.45, 2.75) is 13.0 Å². The molecule has 1 aromatic carbocycles. The number of pyridine rings is 1. The van der Waals surface area contributed by atoms with E-state index in [1.807, 2.05) is 0 Å². The number of nitrogens with one attached hydrogen (secondary N) is 1. The average Bonchev–Trinajstić information content (AvgIpc) is 2.42. The van der Waals surface area contributed by atoms with Gasteiger partial charge in [-0.3, -0.25) is 10.2 Å². The molecule has 1 amide bonds. The fraction of sp³-hybridized carbons (Fsp3) is 0.143. The Labute approximate surface area is 136 Å². The Hall–Kier alpha value is -1.92. The summed E-state index contributed by atoms with van der Waals surface area (Å²) in [5.41, 5.74) is 4.92. The van der Waals surface area contributed by atoms with Crippen LogP contribution in [0.25, 0.3) is 0 Å². The van der Waals surface area contributed by atoms with Crippen molar-refractivity contribution in [3.8, 4) is 0 Å². The Bertz CT molecular complexity index is 777. The zero-order chi connectivity index (χ0) is 15.7. The molecule has 2 aromatic rings. The minimum Gasteiger partial charge on any atom is -0.365 e. The van der Waals surface area contributed by atoms with E-state index in [4.69, 9.17) is 22.7 Å². The van der Waals surface area contributed by atoms with Crippen LogP contribution in [-0.4, -0.2) is 10.5 Å². The van der Waals surface area contributed by atoms with Crippen molar-refractivity contribution in [1.29, 1.82) is 5.41 Å². The highest BCUT2D eigenvalue weighted by molar-refractivity contribution is 6.30. The van der Waals surface area contributed by atoms with E-state index in [9.17, 15) is 13.6 Å². The van der Waals surface area contributed by atoms with Gasteiger partial charge in [-0.2, -0.15) is 0 Å². The molecule has 1 unspecified atom stereocenters.